The van der Waals surface area contributed by atoms with Gasteiger partial charge in [0.25, 0.3) is 0 Å². The fourth-order valence-corrected chi connectivity index (χ4v) is 1.47. The second-order valence-electron chi connectivity index (χ2n) is 3.22. The van der Waals surface area contributed by atoms with Crippen LogP contribution >= 0.6 is 23.2 Å². The van der Waals surface area contributed by atoms with E-state index < -0.39 is 6.10 Å². The van der Waals surface area contributed by atoms with E-state index in [0.29, 0.717) is 15.7 Å². The molecule has 0 aromatic carbocycles. The molecule has 1 atom stereocenters. The van der Waals surface area contributed by atoms with E-state index in [9.17, 15) is 5.11 Å². The first kappa shape index (κ1) is 10.8. The van der Waals surface area contributed by atoms with Gasteiger partial charge >= 0.3 is 0 Å². The fraction of sp³-hybridized carbons (Fsp3) is 0.444. The predicted molar refractivity (Wildman–Crippen MR) is 54.1 cm³/mol. The van der Waals surface area contributed by atoms with Gasteiger partial charge in [-0.2, -0.15) is 0 Å². The van der Waals surface area contributed by atoms with E-state index in [-0.39, 0.29) is 5.92 Å². The van der Waals surface area contributed by atoms with Gasteiger partial charge in [0.1, 0.15) is 5.15 Å². The zero-order chi connectivity index (χ0) is 10.0. The lowest BCUT2D eigenvalue weighted by Crippen LogP contribution is -2.06. The Morgan fingerprint density at radius 3 is 2.46 bits per heavy atom. The van der Waals surface area contributed by atoms with Crippen LogP contribution in [-0.4, -0.2) is 10.1 Å². The Balaban J connectivity index is 3.01. The Morgan fingerprint density at radius 2 is 2.00 bits per heavy atom. The molecule has 0 aliphatic rings. The number of nitrogens with zero attached hydrogens (tertiary/aromatic N) is 1. The van der Waals surface area contributed by atoms with Crippen LogP contribution in [0.1, 0.15) is 25.5 Å². The van der Waals surface area contributed by atoms with Gasteiger partial charge in [-0.3, -0.25) is 0 Å². The minimum Gasteiger partial charge on any atom is -0.388 e. The molecule has 1 N–H and O–H groups in total. The monoisotopic (exact) mass is 219 g/mol. The molecule has 1 heterocycles. The second-order valence-corrected chi connectivity index (χ2v) is 4.01. The molecule has 1 aromatic rings. The van der Waals surface area contributed by atoms with Gasteiger partial charge in [0.05, 0.1) is 11.1 Å². The SMILES string of the molecule is CC(C)C(O)c1cnc(Cl)cc1Cl. The molecule has 0 aliphatic carbocycles. The number of aliphatic hydroxyl groups excluding tert-OH is 1. The van der Waals surface area contributed by atoms with Crippen LogP contribution in [0.4, 0.5) is 0 Å². The number of hydrogen-bond acceptors (Lipinski definition) is 2. The van der Waals surface area contributed by atoms with Gasteiger partial charge in [-0.1, -0.05) is 37.0 Å². The van der Waals surface area contributed by atoms with Crippen LogP contribution in [-0.2, 0) is 0 Å². The molecule has 0 fully saturated rings. The van der Waals surface area contributed by atoms with Crippen LogP contribution in [0, 0.1) is 5.92 Å². The molecule has 0 amide bonds. The topological polar surface area (TPSA) is 33.1 Å². The maximum absolute atomic E-state index is 9.70. The maximum atomic E-state index is 9.70. The molecule has 0 saturated carbocycles. The first-order valence-electron chi connectivity index (χ1n) is 4.01. The first-order chi connectivity index (χ1) is 6.02. The quantitative estimate of drug-likeness (QED) is 0.777. The number of rotatable bonds is 2. The third-order valence-corrected chi connectivity index (χ3v) is 2.33. The molecule has 2 nitrogen and oxygen atoms in total. The summed E-state index contributed by atoms with van der Waals surface area (Å²) in [6.07, 6.45) is 0.923. The summed E-state index contributed by atoms with van der Waals surface area (Å²) in [6, 6.07) is 1.53. The number of aliphatic hydroxyl groups is 1. The van der Waals surface area contributed by atoms with E-state index in [1.807, 2.05) is 13.8 Å². The van der Waals surface area contributed by atoms with Crippen LogP contribution in [0.2, 0.25) is 10.2 Å². The summed E-state index contributed by atoms with van der Waals surface area (Å²) in [6.45, 7) is 3.82. The Hall–Kier alpha value is -0.310. The van der Waals surface area contributed by atoms with Crippen molar-refractivity contribution in [1.82, 2.24) is 4.98 Å². The summed E-state index contributed by atoms with van der Waals surface area (Å²) in [4.78, 5) is 3.86. The van der Waals surface area contributed by atoms with E-state index >= 15 is 0 Å². The van der Waals surface area contributed by atoms with Crippen molar-refractivity contribution in [2.45, 2.75) is 20.0 Å². The summed E-state index contributed by atoms with van der Waals surface area (Å²) < 4.78 is 0. The number of hydrogen-bond donors (Lipinski definition) is 1. The third kappa shape index (κ3) is 2.56. The minimum absolute atomic E-state index is 0.112. The Bertz CT molecular complexity index is 302. The van der Waals surface area contributed by atoms with Gasteiger partial charge < -0.3 is 5.11 Å². The van der Waals surface area contributed by atoms with Crippen molar-refractivity contribution < 1.29 is 5.11 Å². The number of aromatic nitrogens is 1. The van der Waals surface area contributed by atoms with Crippen LogP contribution in [0.5, 0.6) is 0 Å². The summed E-state index contributed by atoms with van der Waals surface area (Å²) in [5.74, 6) is 0.112. The van der Waals surface area contributed by atoms with Gasteiger partial charge in [-0.05, 0) is 12.0 Å². The molecule has 13 heavy (non-hydrogen) atoms. The fourth-order valence-electron chi connectivity index (χ4n) is 0.995. The standard InChI is InChI=1S/C9H11Cl2NO/c1-5(2)9(13)6-4-12-8(11)3-7(6)10/h3-5,9,13H,1-2H3. The number of halogens is 2. The van der Waals surface area contributed by atoms with Gasteiger partial charge in [0.2, 0.25) is 0 Å². The lowest BCUT2D eigenvalue weighted by Gasteiger charge is -2.15. The van der Waals surface area contributed by atoms with Crippen LogP contribution in [0.15, 0.2) is 12.3 Å². The van der Waals surface area contributed by atoms with Crippen LogP contribution in [0.3, 0.4) is 0 Å². The van der Waals surface area contributed by atoms with Gasteiger partial charge in [-0.15, -0.1) is 0 Å². The van der Waals surface area contributed by atoms with Crippen molar-refractivity contribution in [3.8, 4) is 0 Å². The Kier molecular flexibility index (Phi) is 3.54. The van der Waals surface area contributed by atoms with Crippen molar-refractivity contribution in [2.24, 2.45) is 5.92 Å². The average Bonchev–Trinajstić information content (AvgIpc) is 2.03. The molecular formula is C9H11Cl2NO. The lowest BCUT2D eigenvalue weighted by molar-refractivity contribution is 0.126. The van der Waals surface area contributed by atoms with Crippen molar-refractivity contribution in [2.75, 3.05) is 0 Å². The lowest BCUT2D eigenvalue weighted by atomic mass is 10.0. The third-order valence-electron chi connectivity index (χ3n) is 1.80. The molecule has 0 bridgehead atoms. The van der Waals surface area contributed by atoms with Crippen molar-refractivity contribution in [3.63, 3.8) is 0 Å². The Labute approximate surface area is 87.5 Å². The zero-order valence-electron chi connectivity index (χ0n) is 7.46. The molecule has 0 radical (unpaired) electrons. The zero-order valence-corrected chi connectivity index (χ0v) is 8.97. The highest BCUT2D eigenvalue weighted by Crippen LogP contribution is 2.28. The van der Waals surface area contributed by atoms with E-state index in [1.165, 1.54) is 12.3 Å². The average molecular weight is 220 g/mol. The van der Waals surface area contributed by atoms with Crippen molar-refractivity contribution in [3.05, 3.63) is 28.0 Å². The molecular weight excluding hydrogens is 209 g/mol. The van der Waals surface area contributed by atoms with Gasteiger partial charge in [0, 0.05) is 11.8 Å². The molecule has 72 valence electrons. The van der Waals surface area contributed by atoms with Crippen molar-refractivity contribution in [1.29, 1.82) is 0 Å². The largest absolute Gasteiger partial charge is 0.388 e. The summed E-state index contributed by atoms with van der Waals surface area (Å²) >= 11 is 11.5. The van der Waals surface area contributed by atoms with Crippen LogP contribution in [0.25, 0.3) is 0 Å². The first-order valence-corrected chi connectivity index (χ1v) is 4.77. The van der Waals surface area contributed by atoms with E-state index in [0.717, 1.165) is 0 Å². The summed E-state index contributed by atoms with van der Waals surface area (Å²) in [5.41, 5.74) is 0.626. The highest BCUT2D eigenvalue weighted by Gasteiger charge is 2.15. The highest BCUT2D eigenvalue weighted by molar-refractivity contribution is 6.34. The summed E-state index contributed by atoms with van der Waals surface area (Å²) in [5, 5.41) is 10.5. The van der Waals surface area contributed by atoms with E-state index in [4.69, 9.17) is 23.2 Å². The predicted octanol–water partition coefficient (Wildman–Crippen LogP) is 3.08. The molecule has 1 unspecified atom stereocenters. The Morgan fingerprint density at radius 1 is 1.38 bits per heavy atom. The van der Waals surface area contributed by atoms with Gasteiger partial charge in [0.15, 0.2) is 0 Å². The molecule has 0 spiro atoms. The summed E-state index contributed by atoms with van der Waals surface area (Å²) in [7, 11) is 0. The van der Waals surface area contributed by atoms with Gasteiger partial charge in [-0.25, -0.2) is 4.98 Å². The smallest absolute Gasteiger partial charge is 0.130 e. The molecule has 1 rings (SSSR count). The van der Waals surface area contributed by atoms with E-state index in [1.54, 1.807) is 0 Å². The number of pyridine rings is 1. The molecule has 0 aliphatic heterocycles. The van der Waals surface area contributed by atoms with E-state index in [2.05, 4.69) is 4.98 Å². The second kappa shape index (κ2) is 4.27. The maximum Gasteiger partial charge on any atom is 0.130 e. The molecule has 0 saturated heterocycles. The van der Waals surface area contributed by atoms with Crippen LogP contribution < -0.4 is 0 Å². The molecule has 1 aromatic heterocycles. The van der Waals surface area contributed by atoms with Crippen molar-refractivity contribution >= 4 is 23.2 Å². The molecule has 4 heteroatoms. The normalized spacial score (nSPS) is 13.4. The minimum atomic E-state index is -0.586. The highest BCUT2D eigenvalue weighted by atomic mass is 35.5.